The molecule has 1 saturated heterocycles. The van der Waals surface area contributed by atoms with Crippen molar-refractivity contribution in [3.63, 3.8) is 0 Å². The van der Waals surface area contributed by atoms with Gasteiger partial charge in [0.05, 0.1) is 35.9 Å². The lowest BCUT2D eigenvalue weighted by Gasteiger charge is -2.68. The molecular weight excluding hydrogens is 1030 g/mol. The molecule has 434 valence electrons. The van der Waals surface area contributed by atoms with E-state index in [4.69, 9.17) is 41.7 Å². The molecule has 1 amide bonds. The Balaban J connectivity index is 1.68. The standard InChI is InChI=1S/C59H89NO16Si2/c1-18-44(62)73-58-34-70-43(58)32-42(75-77(19-2,20-3)21-4)57(17)49(58)51(72-52(64)39-26-23-22-24-27-39)59(67)33-41(38(11)45(56(59,15)16)47(50(57)63)69-31-29-61)71-53(65)48(76-78(35(5)6,36(7)8)37(9)10)46(40-28-25-30-68-40)60-54(66)74-55(12,13)14/h22-30,35-37,41-43,46-49,51,67H,18-21,31-34H2,1-17H3,(H,60,66)/t41-,42-,43+,46-,47+,48+,49-,51-,57+,58-,59+/m0/s1. The summed E-state index contributed by atoms with van der Waals surface area (Å²) in [5.41, 5.74) is -7.87. The highest BCUT2D eigenvalue weighted by Crippen LogP contribution is 2.65. The Bertz CT molecular complexity index is 2470. The van der Waals surface area contributed by atoms with Crippen molar-refractivity contribution in [1.82, 2.24) is 5.32 Å². The number of carbonyl (C=O) groups is 6. The zero-order valence-electron chi connectivity index (χ0n) is 49.3. The van der Waals surface area contributed by atoms with Crippen molar-refractivity contribution < 1.29 is 75.6 Å². The van der Waals surface area contributed by atoms with Gasteiger partial charge in [0.2, 0.25) is 8.32 Å². The number of ketones is 1. The monoisotopic (exact) mass is 1120 g/mol. The van der Waals surface area contributed by atoms with Crippen LogP contribution in [0.4, 0.5) is 4.79 Å². The fourth-order valence-electron chi connectivity index (χ4n) is 13.8. The number of fused-ring (bicyclic) bond motifs is 5. The average molecular weight is 1120 g/mol. The number of aldehydes is 1. The predicted octanol–water partition coefficient (Wildman–Crippen LogP) is 10.7. The van der Waals surface area contributed by atoms with Gasteiger partial charge in [0, 0.05) is 24.7 Å². The van der Waals surface area contributed by atoms with E-state index in [1.54, 1.807) is 97.9 Å². The lowest BCUT2D eigenvalue weighted by Crippen LogP contribution is -2.82. The minimum Gasteiger partial charge on any atom is -0.467 e. The number of benzene rings is 1. The summed E-state index contributed by atoms with van der Waals surface area (Å²) in [5, 5.41) is 17.4. The number of hydrogen-bond acceptors (Lipinski definition) is 16. The van der Waals surface area contributed by atoms with Gasteiger partial charge in [-0.1, -0.05) is 101 Å². The molecule has 11 atom stereocenters. The second-order valence-corrected chi connectivity index (χ2v) is 34.8. The van der Waals surface area contributed by atoms with Crippen LogP contribution in [0.5, 0.6) is 0 Å². The Morgan fingerprint density at radius 1 is 0.897 bits per heavy atom. The fraction of sp³-hybridized carbons (Fsp3) is 0.695. The molecule has 17 nitrogen and oxygen atoms in total. The number of carbonyl (C=O) groups excluding carboxylic acids is 6. The molecule has 2 aromatic rings. The van der Waals surface area contributed by atoms with Crippen molar-refractivity contribution in [2.75, 3.05) is 13.2 Å². The van der Waals surface area contributed by atoms with E-state index in [0.29, 0.717) is 30.0 Å². The number of nitrogens with one attached hydrogen (secondary N) is 1. The predicted molar refractivity (Wildman–Crippen MR) is 296 cm³/mol. The topological polar surface area (TPSA) is 222 Å². The maximum absolute atomic E-state index is 16.7. The Morgan fingerprint density at radius 2 is 1.51 bits per heavy atom. The van der Waals surface area contributed by atoms with E-state index < -0.39 is 136 Å². The first kappa shape index (κ1) is 62.7. The molecule has 6 rings (SSSR count). The van der Waals surface area contributed by atoms with Gasteiger partial charge in [0.25, 0.3) is 0 Å². The van der Waals surface area contributed by atoms with Crippen molar-refractivity contribution in [2.45, 2.75) is 231 Å². The molecule has 2 N–H and O–H groups in total. The molecule has 1 aromatic heterocycles. The molecule has 3 aliphatic carbocycles. The largest absolute Gasteiger partial charge is 0.467 e. The summed E-state index contributed by atoms with van der Waals surface area (Å²) in [6.07, 6.45) is -7.46. The normalized spacial score (nSPS) is 28.8. The van der Waals surface area contributed by atoms with Crippen LogP contribution < -0.4 is 5.32 Å². The third-order valence-electron chi connectivity index (χ3n) is 18.1. The molecule has 0 unspecified atom stereocenters. The van der Waals surface area contributed by atoms with Gasteiger partial charge >= 0.3 is 24.0 Å². The number of alkyl carbamates (subject to hydrolysis) is 1. The third kappa shape index (κ3) is 11.3. The Hall–Kier alpha value is -4.51. The molecule has 19 heteroatoms. The molecule has 2 heterocycles. The van der Waals surface area contributed by atoms with Crippen LogP contribution in [-0.4, -0.2) is 124 Å². The molecule has 3 fully saturated rings. The summed E-state index contributed by atoms with van der Waals surface area (Å²) >= 11 is 0. The highest BCUT2D eigenvalue weighted by atomic mass is 28.4. The van der Waals surface area contributed by atoms with E-state index in [9.17, 15) is 24.3 Å². The number of amides is 1. The smallest absolute Gasteiger partial charge is 0.408 e. The first-order chi connectivity index (χ1) is 36.4. The second-order valence-electron chi connectivity index (χ2n) is 24.6. The van der Waals surface area contributed by atoms with Crippen LogP contribution in [-0.2, 0) is 56.5 Å². The van der Waals surface area contributed by atoms with E-state index in [2.05, 4.69) is 67.6 Å². The molecular formula is C59H89NO16Si2. The molecule has 2 saturated carbocycles. The fourth-order valence-corrected chi connectivity index (χ4v) is 22.2. The Kier molecular flexibility index (Phi) is 19.2. The number of rotatable bonds is 22. The number of Topliss-reactive ketones (excluding diaryl/α,β-unsaturated/α-hetero) is 1. The number of hydrogen-bond donors (Lipinski definition) is 2. The summed E-state index contributed by atoms with van der Waals surface area (Å²) in [7, 11) is -5.74. The van der Waals surface area contributed by atoms with Crippen LogP contribution in [0.15, 0.2) is 64.3 Å². The van der Waals surface area contributed by atoms with Crippen LogP contribution in [0.25, 0.3) is 0 Å². The van der Waals surface area contributed by atoms with Crippen molar-refractivity contribution in [2.24, 2.45) is 16.7 Å². The SMILES string of the molecule is CCC(=O)O[C@@]12CO[C@@H]1C[C@H](O[Si](CC)(CC)CC)[C@@]1(C)C(=O)[C@H](OCC=O)C3=C(C)[C@@H](OC(=O)[C@H](O[Si](C(C)C)(C(C)C)C(C)C)[C@@H](NC(=O)OC(C)(C)C)c4ccco4)C[C@@](O)([C@@H](OC(=O)c4ccccc4)[C@H]21)C3(C)C. The van der Waals surface area contributed by atoms with Crippen LogP contribution >= 0.6 is 0 Å². The minimum atomic E-state index is -3.09. The zero-order valence-corrected chi connectivity index (χ0v) is 51.3. The van der Waals surface area contributed by atoms with Gasteiger partial charge in [-0.2, -0.15) is 0 Å². The van der Waals surface area contributed by atoms with Crippen molar-refractivity contribution in [1.29, 1.82) is 0 Å². The Morgan fingerprint density at radius 3 is 2.01 bits per heavy atom. The third-order valence-corrected chi connectivity index (χ3v) is 28.9. The van der Waals surface area contributed by atoms with Gasteiger partial charge in [-0.3, -0.25) is 9.59 Å². The summed E-state index contributed by atoms with van der Waals surface area (Å²) in [5.74, 6) is -4.19. The van der Waals surface area contributed by atoms with E-state index in [0.717, 1.165) is 0 Å². The molecule has 2 bridgehead atoms. The number of furan rings is 1. The van der Waals surface area contributed by atoms with Crippen molar-refractivity contribution >= 4 is 52.7 Å². The minimum absolute atomic E-state index is 0.0533. The van der Waals surface area contributed by atoms with Crippen LogP contribution in [0, 0.1) is 16.7 Å². The van der Waals surface area contributed by atoms with Crippen molar-refractivity contribution in [3.8, 4) is 0 Å². The zero-order chi connectivity index (χ0) is 58.1. The van der Waals surface area contributed by atoms with Gasteiger partial charge in [-0.15, -0.1) is 0 Å². The molecule has 0 spiro atoms. The van der Waals surface area contributed by atoms with Gasteiger partial charge in [0.1, 0.15) is 60.3 Å². The molecule has 1 aliphatic heterocycles. The van der Waals surface area contributed by atoms with E-state index in [-0.39, 0.29) is 53.0 Å². The number of esters is 3. The molecule has 78 heavy (non-hydrogen) atoms. The van der Waals surface area contributed by atoms with Crippen LogP contribution in [0.1, 0.15) is 159 Å². The lowest BCUT2D eigenvalue weighted by atomic mass is 9.44. The maximum atomic E-state index is 16.7. The first-order valence-corrected chi connectivity index (χ1v) is 32.8. The van der Waals surface area contributed by atoms with Crippen LogP contribution in [0.3, 0.4) is 0 Å². The second kappa shape index (κ2) is 23.9. The van der Waals surface area contributed by atoms with Gasteiger partial charge in [-0.05, 0) is 105 Å². The first-order valence-electron chi connectivity index (χ1n) is 28.2. The molecule has 4 aliphatic rings. The van der Waals surface area contributed by atoms with E-state index in [1.165, 1.54) is 6.26 Å². The highest BCUT2D eigenvalue weighted by Gasteiger charge is 2.79. The summed E-state index contributed by atoms with van der Waals surface area (Å²) < 4.78 is 59.6. The van der Waals surface area contributed by atoms with Crippen LogP contribution in [0.2, 0.25) is 34.8 Å². The Labute approximate surface area is 464 Å². The van der Waals surface area contributed by atoms with E-state index in [1.807, 2.05) is 0 Å². The summed E-state index contributed by atoms with van der Waals surface area (Å²) in [6, 6.07) is 12.3. The van der Waals surface area contributed by atoms with Gasteiger partial charge < -0.3 is 56.9 Å². The van der Waals surface area contributed by atoms with Crippen molar-refractivity contribution in [3.05, 3.63) is 71.2 Å². The highest BCUT2D eigenvalue weighted by molar-refractivity contribution is 6.77. The number of ether oxygens (including phenoxy) is 6. The molecule has 1 aromatic carbocycles. The molecule has 0 radical (unpaired) electrons. The van der Waals surface area contributed by atoms with Gasteiger partial charge in [0.15, 0.2) is 25.8 Å². The van der Waals surface area contributed by atoms with Gasteiger partial charge in [-0.25, -0.2) is 14.4 Å². The number of aliphatic hydroxyl groups is 1. The maximum Gasteiger partial charge on any atom is 0.408 e. The summed E-state index contributed by atoms with van der Waals surface area (Å²) in [6.45, 7) is 31.4. The van der Waals surface area contributed by atoms with E-state index >= 15 is 9.59 Å². The summed E-state index contributed by atoms with van der Waals surface area (Å²) in [4.78, 5) is 87.9. The lowest BCUT2D eigenvalue weighted by molar-refractivity contribution is -0.345. The quantitative estimate of drug-likeness (QED) is 0.0368. The average Bonchev–Trinajstić information content (AvgIpc) is 4.05.